The highest BCUT2D eigenvalue weighted by molar-refractivity contribution is 7.14. The Morgan fingerprint density at radius 1 is 1.00 bits per heavy atom. The third-order valence-electron chi connectivity index (χ3n) is 4.36. The summed E-state index contributed by atoms with van der Waals surface area (Å²) in [6.45, 7) is 0. The molecule has 28 heavy (non-hydrogen) atoms. The lowest BCUT2D eigenvalue weighted by Gasteiger charge is -2.36. The van der Waals surface area contributed by atoms with Crippen LogP contribution >= 0.6 is 57.7 Å². The fraction of sp³-hybridized carbons (Fsp3) is 0.158. The van der Waals surface area contributed by atoms with Gasteiger partial charge in [-0.25, -0.2) is 9.99 Å². The van der Waals surface area contributed by atoms with Gasteiger partial charge in [-0.05, 0) is 17.7 Å². The van der Waals surface area contributed by atoms with Crippen LogP contribution in [0.15, 0.2) is 65.1 Å². The maximum atomic E-state index is 11.3. The first kappa shape index (κ1) is 20.0. The summed E-state index contributed by atoms with van der Waals surface area (Å²) in [7, 11) is 0. The monoisotopic (exact) mass is 471 g/mol. The lowest BCUT2D eigenvalue weighted by Crippen LogP contribution is -2.53. The number of aliphatic hydroxyl groups is 1. The molecule has 1 N–H and O–H groups in total. The SMILES string of the molecule is OC1(C(Cl)(Cl)Cl)CC(c2ccccc2)=NN1c1nc(-c2ccc(Cl)cc2)cs1. The van der Waals surface area contributed by atoms with Crippen molar-refractivity contribution in [2.24, 2.45) is 5.10 Å². The summed E-state index contributed by atoms with van der Waals surface area (Å²) >= 11 is 25.7. The number of hydrogen-bond acceptors (Lipinski definition) is 5. The third kappa shape index (κ3) is 3.63. The molecule has 1 aliphatic heterocycles. The molecule has 4 rings (SSSR count). The van der Waals surface area contributed by atoms with Crippen molar-refractivity contribution >= 4 is 68.6 Å². The molecule has 4 nitrogen and oxygen atoms in total. The van der Waals surface area contributed by atoms with Gasteiger partial charge in [-0.1, -0.05) is 88.9 Å². The summed E-state index contributed by atoms with van der Waals surface area (Å²) in [5.41, 5.74) is 1.19. The number of benzene rings is 2. The summed E-state index contributed by atoms with van der Waals surface area (Å²) in [6.07, 6.45) is 0.0450. The molecule has 0 saturated heterocycles. The average molecular weight is 473 g/mol. The summed E-state index contributed by atoms with van der Waals surface area (Å²) in [5.74, 6) is 0. The zero-order valence-electron chi connectivity index (χ0n) is 14.2. The minimum absolute atomic E-state index is 0.0450. The van der Waals surface area contributed by atoms with Crippen molar-refractivity contribution in [3.8, 4) is 11.3 Å². The molecule has 1 unspecified atom stereocenters. The van der Waals surface area contributed by atoms with E-state index in [1.54, 1.807) is 12.1 Å². The zero-order valence-corrected chi connectivity index (χ0v) is 18.0. The van der Waals surface area contributed by atoms with Gasteiger partial charge in [0.1, 0.15) is 0 Å². The van der Waals surface area contributed by atoms with Gasteiger partial charge in [-0.3, -0.25) is 0 Å². The first-order chi connectivity index (χ1) is 13.3. The van der Waals surface area contributed by atoms with Gasteiger partial charge in [-0.15, -0.1) is 11.3 Å². The van der Waals surface area contributed by atoms with Gasteiger partial charge in [0.2, 0.25) is 14.6 Å². The number of halogens is 4. The van der Waals surface area contributed by atoms with Crippen LogP contribution in [0.2, 0.25) is 5.02 Å². The van der Waals surface area contributed by atoms with Crippen molar-refractivity contribution in [2.75, 3.05) is 5.01 Å². The molecule has 0 bridgehead atoms. The third-order valence-corrected chi connectivity index (χ3v) is 6.34. The van der Waals surface area contributed by atoms with E-state index in [0.717, 1.165) is 11.1 Å². The minimum atomic E-state index is -2.00. The van der Waals surface area contributed by atoms with Crippen LogP contribution in [0.5, 0.6) is 0 Å². The molecule has 0 spiro atoms. The molecular weight excluding hydrogens is 460 g/mol. The van der Waals surface area contributed by atoms with Crippen LogP contribution in [0.3, 0.4) is 0 Å². The summed E-state index contributed by atoms with van der Waals surface area (Å²) in [5, 5.41) is 20.0. The van der Waals surface area contributed by atoms with Crippen molar-refractivity contribution in [1.82, 2.24) is 4.98 Å². The Morgan fingerprint density at radius 3 is 2.32 bits per heavy atom. The van der Waals surface area contributed by atoms with Crippen molar-refractivity contribution in [3.05, 3.63) is 70.6 Å². The lowest BCUT2D eigenvalue weighted by molar-refractivity contribution is 0.0564. The molecule has 0 aliphatic carbocycles. The van der Waals surface area contributed by atoms with E-state index in [2.05, 4.69) is 10.1 Å². The van der Waals surface area contributed by atoms with Gasteiger partial charge < -0.3 is 5.11 Å². The van der Waals surface area contributed by atoms with Crippen molar-refractivity contribution < 1.29 is 5.11 Å². The van der Waals surface area contributed by atoms with Gasteiger partial charge in [0.15, 0.2) is 0 Å². The predicted octanol–water partition coefficient (Wildman–Crippen LogP) is 6.14. The van der Waals surface area contributed by atoms with Gasteiger partial charge in [-0.2, -0.15) is 5.10 Å². The fourth-order valence-electron chi connectivity index (χ4n) is 2.87. The molecule has 2 heterocycles. The lowest BCUT2D eigenvalue weighted by atomic mass is 10.0. The summed E-state index contributed by atoms with van der Waals surface area (Å²) < 4.78 is -2.00. The molecule has 144 valence electrons. The van der Waals surface area contributed by atoms with E-state index in [1.807, 2.05) is 47.8 Å². The zero-order chi connectivity index (χ0) is 19.9. The molecule has 9 heteroatoms. The highest BCUT2D eigenvalue weighted by Gasteiger charge is 2.57. The largest absolute Gasteiger partial charge is 0.365 e. The molecular formula is C19H13Cl4N3OS. The Hall–Kier alpha value is -1.34. The Balaban J connectivity index is 1.75. The number of anilines is 1. The van der Waals surface area contributed by atoms with Gasteiger partial charge in [0, 0.05) is 22.4 Å². The molecule has 1 aromatic heterocycles. The molecule has 0 radical (unpaired) electrons. The second kappa shape index (κ2) is 7.48. The van der Waals surface area contributed by atoms with Crippen LogP contribution in [0.4, 0.5) is 5.13 Å². The number of hydrogen-bond donors (Lipinski definition) is 1. The summed E-state index contributed by atoms with van der Waals surface area (Å²) in [6, 6.07) is 16.8. The maximum absolute atomic E-state index is 11.3. The minimum Gasteiger partial charge on any atom is -0.365 e. The van der Waals surface area contributed by atoms with Crippen LogP contribution in [-0.4, -0.2) is 25.3 Å². The molecule has 1 atom stereocenters. The predicted molar refractivity (Wildman–Crippen MR) is 118 cm³/mol. The van der Waals surface area contributed by atoms with Crippen LogP contribution in [0.1, 0.15) is 12.0 Å². The van der Waals surface area contributed by atoms with Crippen molar-refractivity contribution in [3.63, 3.8) is 0 Å². The second-order valence-electron chi connectivity index (χ2n) is 6.24. The molecule has 1 aliphatic rings. The quantitative estimate of drug-likeness (QED) is 0.466. The van der Waals surface area contributed by atoms with Crippen LogP contribution < -0.4 is 5.01 Å². The highest BCUT2D eigenvalue weighted by Crippen LogP contribution is 2.48. The molecule has 2 aromatic carbocycles. The maximum Gasteiger partial charge on any atom is 0.239 e. The Kier molecular flexibility index (Phi) is 5.33. The van der Waals surface area contributed by atoms with Crippen molar-refractivity contribution in [2.45, 2.75) is 15.9 Å². The Morgan fingerprint density at radius 2 is 1.68 bits per heavy atom. The molecule has 0 saturated carbocycles. The van der Waals surface area contributed by atoms with E-state index in [-0.39, 0.29) is 6.42 Å². The van der Waals surface area contributed by atoms with Crippen molar-refractivity contribution in [1.29, 1.82) is 0 Å². The first-order valence-corrected chi connectivity index (χ1v) is 10.6. The van der Waals surface area contributed by atoms with Crippen LogP contribution in [-0.2, 0) is 0 Å². The fourth-order valence-corrected chi connectivity index (χ4v) is 4.29. The van der Waals surface area contributed by atoms with Gasteiger partial charge in [0.05, 0.1) is 11.4 Å². The Bertz CT molecular complexity index is 1020. The number of aromatic nitrogens is 1. The number of rotatable bonds is 3. The number of thiazole rings is 1. The first-order valence-electron chi connectivity index (χ1n) is 8.22. The number of nitrogens with zero attached hydrogens (tertiary/aromatic N) is 3. The molecule has 0 amide bonds. The van der Waals surface area contributed by atoms with Gasteiger partial charge >= 0.3 is 0 Å². The molecule has 3 aromatic rings. The molecule has 0 fully saturated rings. The standard InChI is InChI=1S/C19H13Cl4N3OS/c20-14-8-6-13(7-9-14)16-11-28-17(24-16)26-18(27,19(21,22)23)10-15(25-26)12-4-2-1-3-5-12/h1-9,11,27H,10H2. The highest BCUT2D eigenvalue weighted by atomic mass is 35.6. The number of hydrazone groups is 1. The second-order valence-corrected chi connectivity index (χ2v) is 9.79. The van der Waals surface area contributed by atoms with Gasteiger partial charge in [0.25, 0.3) is 0 Å². The Labute approximate surface area is 185 Å². The van der Waals surface area contributed by atoms with E-state index in [0.29, 0.717) is 21.6 Å². The van der Waals surface area contributed by atoms with E-state index in [1.165, 1.54) is 16.3 Å². The normalized spacial score (nSPS) is 19.8. The van der Waals surface area contributed by atoms with Crippen LogP contribution in [0, 0.1) is 0 Å². The summed E-state index contributed by atoms with van der Waals surface area (Å²) in [4.78, 5) is 4.59. The topological polar surface area (TPSA) is 48.7 Å². The van der Waals surface area contributed by atoms with E-state index in [9.17, 15) is 5.11 Å². The van der Waals surface area contributed by atoms with Crippen LogP contribution in [0.25, 0.3) is 11.3 Å². The smallest absolute Gasteiger partial charge is 0.239 e. The average Bonchev–Trinajstić information content (AvgIpc) is 3.28. The van der Waals surface area contributed by atoms with E-state index in [4.69, 9.17) is 46.4 Å². The van der Waals surface area contributed by atoms with E-state index < -0.39 is 9.52 Å². The van der Waals surface area contributed by atoms with E-state index >= 15 is 0 Å². The number of alkyl halides is 3.